The van der Waals surface area contributed by atoms with Crippen molar-refractivity contribution in [2.24, 2.45) is 22.8 Å². The summed E-state index contributed by atoms with van der Waals surface area (Å²) in [4.78, 5) is 11.3. The van der Waals surface area contributed by atoms with Gasteiger partial charge in [-0.3, -0.25) is 4.79 Å². The molecule has 0 bridgehead atoms. The maximum Gasteiger partial charge on any atom is 0.245 e. The summed E-state index contributed by atoms with van der Waals surface area (Å²) in [6, 6.07) is 0. The van der Waals surface area contributed by atoms with Gasteiger partial charge in [0.2, 0.25) is 5.91 Å². The van der Waals surface area contributed by atoms with E-state index in [9.17, 15) is 4.79 Å². The molecule has 5 nitrogen and oxygen atoms in total. The van der Waals surface area contributed by atoms with E-state index in [4.69, 9.17) is 5.84 Å². The Kier molecular flexibility index (Phi) is 2.32. The Morgan fingerprint density at radius 3 is 2.58 bits per heavy atom. The zero-order valence-electron chi connectivity index (χ0n) is 7.53. The largest absolute Gasteiger partial charge is 0.310 e. The van der Waals surface area contributed by atoms with Gasteiger partial charge in [-0.25, -0.2) is 10.9 Å². The Morgan fingerprint density at radius 2 is 2.08 bits per heavy atom. The number of amidine groups is 1. The van der Waals surface area contributed by atoms with Crippen LogP contribution in [0, 0.1) is 11.8 Å². The molecule has 0 aromatic carbocycles. The summed E-state index contributed by atoms with van der Waals surface area (Å²) in [6.45, 7) is 3.80. The van der Waals surface area contributed by atoms with Crippen molar-refractivity contribution >= 4 is 11.7 Å². The third kappa shape index (κ3) is 1.27. The highest BCUT2D eigenvalue weighted by atomic mass is 16.2. The molecule has 68 valence electrons. The van der Waals surface area contributed by atoms with Gasteiger partial charge in [0.15, 0.2) is 0 Å². The zero-order valence-corrected chi connectivity index (χ0v) is 7.53. The predicted octanol–water partition coefficient (Wildman–Crippen LogP) is -0.493. The van der Waals surface area contributed by atoms with Crippen LogP contribution in [-0.2, 0) is 4.79 Å². The molecule has 0 aromatic rings. The molecule has 1 aliphatic rings. The number of hydrazine groups is 1. The Bertz CT molecular complexity index is 225. The van der Waals surface area contributed by atoms with Gasteiger partial charge in [0, 0.05) is 18.9 Å². The number of carbonyl (C=O) groups excluding carboxylic acids is 1. The van der Waals surface area contributed by atoms with Crippen LogP contribution in [0.25, 0.3) is 0 Å². The van der Waals surface area contributed by atoms with Gasteiger partial charge in [-0.15, -0.1) is 0 Å². The number of hydrogen-bond acceptors (Lipinski definition) is 4. The van der Waals surface area contributed by atoms with E-state index in [1.807, 2.05) is 13.8 Å². The summed E-state index contributed by atoms with van der Waals surface area (Å²) in [5, 5.41) is 5.30. The lowest BCUT2D eigenvalue weighted by Crippen LogP contribution is -2.47. The first-order valence-electron chi connectivity index (χ1n) is 3.90. The first kappa shape index (κ1) is 8.99. The number of nitrogens with one attached hydrogen (secondary N) is 1. The van der Waals surface area contributed by atoms with Gasteiger partial charge in [0.1, 0.15) is 5.84 Å². The fourth-order valence-corrected chi connectivity index (χ4v) is 1.21. The van der Waals surface area contributed by atoms with E-state index < -0.39 is 0 Å². The number of rotatable bonds is 0. The molecule has 1 amide bonds. The van der Waals surface area contributed by atoms with Crippen LogP contribution >= 0.6 is 0 Å². The lowest BCUT2D eigenvalue weighted by Gasteiger charge is -2.29. The average Bonchev–Trinajstić information content (AvgIpc) is 2.08. The summed E-state index contributed by atoms with van der Waals surface area (Å²) < 4.78 is 0. The molecule has 1 heterocycles. The summed E-state index contributed by atoms with van der Waals surface area (Å²) >= 11 is 0. The van der Waals surface area contributed by atoms with Crippen molar-refractivity contribution in [3.8, 4) is 0 Å². The van der Waals surface area contributed by atoms with Crippen molar-refractivity contribution in [3.63, 3.8) is 0 Å². The number of nitrogens with zero attached hydrogens (tertiary/aromatic N) is 2. The zero-order chi connectivity index (χ0) is 9.30. The molecule has 0 radical (unpaired) electrons. The molecule has 0 aliphatic carbocycles. The van der Waals surface area contributed by atoms with Gasteiger partial charge in [-0.1, -0.05) is 13.8 Å². The van der Waals surface area contributed by atoms with E-state index >= 15 is 0 Å². The molecule has 0 aromatic heterocycles. The minimum absolute atomic E-state index is 0.0292. The van der Waals surface area contributed by atoms with Crippen LogP contribution in [-0.4, -0.2) is 23.8 Å². The van der Waals surface area contributed by atoms with Crippen molar-refractivity contribution in [1.29, 1.82) is 0 Å². The van der Waals surface area contributed by atoms with Crippen molar-refractivity contribution in [2.75, 3.05) is 7.05 Å². The maximum atomic E-state index is 11.3. The van der Waals surface area contributed by atoms with Crippen molar-refractivity contribution in [1.82, 2.24) is 10.4 Å². The molecule has 3 N–H and O–H groups in total. The normalized spacial score (nSPS) is 30.2. The van der Waals surface area contributed by atoms with Crippen LogP contribution in [0.5, 0.6) is 0 Å². The first-order chi connectivity index (χ1) is 5.57. The summed E-state index contributed by atoms with van der Waals surface area (Å²) in [5.41, 5.74) is 2.49. The predicted molar refractivity (Wildman–Crippen MR) is 45.9 cm³/mol. The van der Waals surface area contributed by atoms with Crippen LogP contribution in [0.2, 0.25) is 0 Å². The molecule has 1 rings (SSSR count). The minimum atomic E-state index is -0.0569. The van der Waals surface area contributed by atoms with Crippen molar-refractivity contribution in [3.05, 3.63) is 0 Å². The standard InChI is InChI=1S/C7H14N4O/c1-4-5(2)7(12)11(3)10-6(4)9-8/h4-5H,8H2,1-3H3,(H,9,10). The number of hydrogen-bond donors (Lipinski definition) is 2. The lowest BCUT2D eigenvalue weighted by molar-refractivity contribution is -0.135. The Balaban J connectivity index is 2.91. The highest BCUT2D eigenvalue weighted by molar-refractivity contribution is 5.93. The van der Waals surface area contributed by atoms with Gasteiger partial charge in [0.25, 0.3) is 0 Å². The molecule has 0 saturated heterocycles. The average molecular weight is 170 g/mol. The van der Waals surface area contributed by atoms with E-state index in [-0.39, 0.29) is 17.7 Å². The number of carbonyl (C=O) groups is 1. The quantitative estimate of drug-likeness (QED) is 0.380. The Labute approximate surface area is 71.6 Å². The number of nitrogens with two attached hydrogens (primary N) is 1. The lowest BCUT2D eigenvalue weighted by atomic mass is 9.93. The molecule has 0 spiro atoms. The third-order valence-electron chi connectivity index (χ3n) is 2.30. The van der Waals surface area contributed by atoms with Crippen LogP contribution in [0.3, 0.4) is 0 Å². The second-order valence-corrected chi connectivity index (χ2v) is 3.07. The highest BCUT2D eigenvalue weighted by Crippen LogP contribution is 2.19. The minimum Gasteiger partial charge on any atom is -0.310 e. The molecule has 0 saturated carbocycles. The van der Waals surface area contributed by atoms with Gasteiger partial charge < -0.3 is 5.43 Å². The molecule has 1 aliphatic heterocycles. The van der Waals surface area contributed by atoms with E-state index in [1.54, 1.807) is 7.05 Å². The molecule has 12 heavy (non-hydrogen) atoms. The fraction of sp³-hybridized carbons (Fsp3) is 0.714. The van der Waals surface area contributed by atoms with Crippen molar-refractivity contribution < 1.29 is 4.79 Å². The van der Waals surface area contributed by atoms with E-state index in [0.29, 0.717) is 5.84 Å². The highest BCUT2D eigenvalue weighted by Gasteiger charge is 2.31. The molecule has 2 unspecified atom stereocenters. The van der Waals surface area contributed by atoms with Gasteiger partial charge in [0.05, 0.1) is 0 Å². The van der Waals surface area contributed by atoms with E-state index in [0.717, 1.165) is 0 Å². The van der Waals surface area contributed by atoms with Gasteiger partial charge >= 0.3 is 0 Å². The van der Waals surface area contributed by atoms with Gasteiger partial charge in [-0.05, 0) is 0 Å². The molecular formula is C7H14N4O. The van der Waals surface area contributed by atoms with Gasteiger partial charge in [-0.2, -0.15) is 5.10 Å². The molecule has 0 fully saturated rings. The third-order valence-corrected chi connectivity index (χ3v) is 2.30. The Morgan fingerprint density at radius 1 is 1.50 bits per heavy atom. The smallest absolute Gasteiger partial charge is 0.245 e. The SMILES string of the molecule is CC1C(=O)N(C)N=C(NN)C1C. The molecule has 2 atom stereocenters. The van der Waals surface area contributed by atoms with Crippen molar-refractivity contribution in [2.45, 2.75) is 13.8 Å². The first-order valence-corrected chi connectivity index (χ1v) is 3.90. The summed E-state index contributed by atoms with van der Waals surface area (Å²) in [6.07, 6.45) is 0. The van der Waals surface area contributed by atoms with Crippen LogP contribution in [0.15, 0.2) is 5.10 Å². The Hall–Kier alpha value is -1.10. The number of amides is 1. The maximum absolute atomic E-state index is 11.3. The number of hydrazone groups is 1. The second kappa shape index (κ2) is 3.10. The van der Waals surface area contributed by atoms with Crippen LogP contribution < -0.4 is 11.3 Å². The van der Waals surface area contributed by atoms with E-state index in [2.05, 4.69) is 10.5 Å². The molecular weight excluding hydrogens is 156 g/mol. The monoisotopic (exact) mass is 170 g/mol. The topological polar surface area (TPSA) is 70.7 Å². The van der Waals surface area contributed by atoms with Crippen LogP contribution in [0.4, 0.5) is 0 Å². The fourth-order valence-electron chi connectivity index (χ4n) is 1.21. The van der Waals surface area contributed by atoms with E-state index in [1.165, 1.54) is 5.01 Å². The summed E-state index contributed by atoms with van der Waals surface area (Å²) in [5.74, 6) is 5.94. The summed E-state index contributed by atoms with van der Waals surface area (Å²) in [7, 11) is 1.63. The molecule has 5 heteroatoms. The van der Waals surface area contributed by atoms with Crippen LogP contribution in [0.1, 0.15) is 13.8 Å². The second-order valence-electron chi connectivity index (χ2n) is 3.07.